The van der Waals surface area contributed by atoms with E-state index in [0.29, 0.717) is 12.3 Å². The molecule has 0 saturated carbocycles. The van der Waals surface area contributed by atoms with E-state index in [1.165, 1.54) is 11.1 Å². The summed E-state index contributed by atoms with van der Waals surface area (Å²) in [5, 5.41) is 3.43. The summed E-state index contributed by atoms with van der Waals surface area (Å²) in [6, 6.07) is 8.34. The molecule has 0 bridgehead atoms. The van der Waals surface area contributed by atoms with Gasteiger partial charge in [-0.15, -0.1) is 24.0 Å². The highest BCUT2D eigenvalue weighted by Crippen LogP contribution is 2.19. The molecule has 0 aromatic heterocycles. The fourth-order valence-electron chi connectivity index (χ4n) is 3.02. The molecule has 2 rings (SSSR count). The van der Waals surface area contributed by atoms with Gasteiger partial charge in [-0.1, -0.05) is 24.3 Å². The van der Waals surface area contributed by atoms with E-state index in [2.05, 4.69) is 40.3 Å². The first kappa shape index (κ1) is 19.7. The summed E-state index contributed by atoms with van der Waals surface area (Å²) in [7, 11) is 1.80. The van der Waals surface area contributed by atoms with Gasteiger partial charge < -0.3 is 16.0 Å². The molecule has 5 nitrogen and oxygen atoms in total. The first-order valence-electron chi connectivity index (χ1n) is 7.88. The molecule has 1 amide bonds. The van der Waals surface area contributed by atoms with Crippen LogP contribution in [0.2, 0.25) is 0 Å². The molecule has 1 aromatic rings. The zero-order chi connectivity index (χ0) is 15.9. The molecular weight excluding hydrogens is 403 g/mol. The van der Waals surface area contributed by atoms with Crippen molar-refractivity contribution in [2.45, 2.75) is 32.7 Å². The average molecular weight is 430 g/mol. The summed E-state index contributed by atoms with van der Waals surface area (Å²) in [6.45, 7) is 4.69. The molecule has 1 heterocycles. The maximum atomic E-state index is 11.1. The average Bonchev–Trinajstić information content (AvgIpc) is 2.49. The molecule has 1 aliphatic rings. The highest BCUT2D eigenvalue weighted by Gasteiger charge is 2.23. The van der Waals surface area contributed by atoms with Gasteiger partial charge in [0.1, 0.15) is 0 Å². The number of aryl methyl sites for hydroxylation is 1. The molecule has 3 N–H and O–H groups in total. The van der Waals surface area contributed by atoms with E-state index in [4.69, 9.17) is 5.73 Å². The predicted molar refractivity (Wildman–Crippen MR) is 105 cm³/mol. The number of piperidine rings is 1. The third-order valence-electron chi connectivity index (χ3n) is 4.22. The maximum Gasteiger partial charge on any atom is 0.217 e. The lowest BCUT2D eigenvalue weighted by Crippen LogP contribution is -2.47. The molecule has 1 unspecified atom stereocenters. The van der Waals surface area contributed by atoms with Gasteiger partial charge in [-0.05, 0) is 36.8 Å². The van der Waals surface area contributed by atoms with E-state index in [0.717, 1.165) is 38.4 Å². The maximum absolute atomic E-state index is 11.1. The largest absolute Gasteiger partial charge is 0.370 e. The summed E-state index contributed by atoms with van der Waals surface area (Å²) in [4.78, 5) is 17.7. The van der Waals surface area contributed by atoms with E-state index < -0.39 is 0 Å². The third kappa shape index (κ3) is 6.01. The van der Waals surface area contributed by atoms with Crippen LogP contribution in [-0.4, -0.2) is 36.9 Å². The molecule has 23 heavy (non-hydrogen) atoms. The number of nitrogens with two attached hydrogens (primary N) is 1. The van der Waals surface area contributed by atoms with Crippen LogP contribution in [0.1, 0.15) is 30.4 Å². The number of guanidine groups is 1. The van der Waals surface area contributed by atoms with Gasteiger partial charge >= 0.3 is 0 Å². The Morgan fingerprint density at radius 2 is 2.17 bits per heavy atom. The molecule has 128 valence electrons. The van der Waals surface area contributed by atoms with Crippen molar-refractivity contribution in [1.82, 2.24) is 10.2 Å². The van der Waals surface area contributed by atoms with E-state index in [-0.39, 0.29) is 29.9 Å². The number of rotatable bonds is 4. The fourth-order valence-corrected chi connectivity index (χ4v) is 3.02. The van der Waals surface area contributed by atoms with Gasteiger partial charge in [-0.25, -0.2) is 0 Å². The van der Waals surface area contributed by atoms with E-state index in [9.17, 15) is 4.79 Å². The lowest BCUT2D eigenvalue weighted by atomic mass is 9.95. The van der Waals surface area contributed by atoms with Crippen molar-refractivity contribution in [2.24, 2.45) is 16.6 Å². The van der Waals surface area contributed by atoms with Crippen molar-refractivity contribution in [3.63, 3.8) is 0 Å². The first-order chi connectivity index (χ1) is 10.6. The second kappa shape index (κ2) is 9.75. The summed E-state index contributed by atoms with van der Waals surface area (Å²) in [6.07, 6.45) is 2.60. The van der Waals surface area contributed by atoms with E-state index >= 15 is 0 Å². The second-order valence-electron chi connectivity index (χ2n) is 5.95. The zero-order valence-electron chi connectivity index (χ0n) is 13.9. The number of aliphatic imine (C=N–C) groups is 1. The van der Waals surface area contributed by atoms with Gasteiger partial charge in [0.15, 0.2) is 5.96 Å². The molecule has 0 aliphatic carbocycles. The molecule has 0 spiro atoms. The normalized spacial score (nSPS) is 18.3. The van der Waals surface area contributed by atoms with Crippen LogP contribution in [-0.2, 0) is 11.3 Å². The third-order valence-corrected chi connectivity index (χ3v) is 4.22. The summed E-state index contributed by atoms with van der Waals surface area (Å²) >= 11 is 0. The van der Waals surface area contributed by atoms with Crippen LogP contribution in [0.4, 0.5) is 0 Å². The Kier molecular flexibility index (Phi) is 8.36. The number of amides is 1. The molecule has 1 saturated heterocycles. The van der Waals surface area contributed by atoms with Crippen LogP contribution in [0.25, 0.3) is 0 Å². The number of primary amides is 1. The Hall–Kier alpha value is -1.31. The molecule has 1 atom stereocenters. The van der Waals surface area contributed by atoms with E-state index in [1.807, 2.05) is 6.07 Å². The number of carbonyl (C=O) groups is 1. The Balaban J connectivity index is 0.00000264. The second-order valence-corrected chi connectivity index (χ2v) is 5.95. The molecular formula is C17H27IN4O. The minimum Gasteiger partial charge on any atom is -0.370 e. The van der Waals surface area contributed by atoms with Gasteiger partial charge in [0.25, 0.3) is 0 Å². The van der Waals surface area contributed by atoms with Crippen molar-refractivity contribution >= 4 is 35.8 Å². The molecule has 0 radical (unpaired) electrons. The van der Waals surface area contributed by atoms with E-state index in [1.54, 1.807) is 7.05 Å². The van der Waals surface area contributed by atoms with Gasteiger partial charge in [0.2, 0.25) is 5.91 Å². The van der Waals surface area contributed by atoms with Crippen molar-refractivity contribution in [1.29, 1.82) is 0 Å². The van der Waals surface area contributed by atoms with Gasteiger partial charge in [0.05, 0.1) is 0 Å². The lowest BCUT2D eigenvalue weighted by Gasteiger charge is -2.34. The number of nitrogens with one attached hydrogen (secondary N) is 1. The minimum absolute atomic E-state index is 0. The van der Waals surface area contributed by atoms with Gasteiger partial charge in [-0.2, -0.15) is 0 Å². The van der Waals surface area contributed by atoms with Crippen molar-refractivity contribution < 1.29 is 4.79 Å². The molecule has 1 aliphatic heterocycles. The number of nitrogens with zero attached hydrogens (tertiary/aromatic N) is 2. The first-order valence-corrected chi connectivity index (χ1v) is 7.88. The number of benzene rings is 1. The highest BCUT2D eigenvalue weighted by atomic mass is 127. The molecule has 1 fully saturated rings. The lowest BCUT2D eigenvalue weighted by molar-refractivity contribution is -0.119. The number of halogens is 1. The van der Waals surface area contributed by atoms with Crippen LogP contribution in [0.3, 0.4) is 0 Å². The monoisotopic (exact) mass is 430 g/mol. The summed E-state index contributed by atoms with van der Waals surface area (Å²) in [5.74, 6) is 1.02. The number of hydrogen-bond donors (Lipinski definition) is 2. The SMILES string of the molecule is CN=C(NCc1ccccc1C)N1CCCC(CC(N)=O)C1.I. The smallest absolute Gasteiger partial charge is 0.217 e. The quantitative estimate of drug-likeness (QED) is 0.438. The summed E-state index contributed by atoms with van der Waals surface area (Å²) < 4.78 is 0. The van der Waals surface area contributed by atoms with Crippen molar-refractivity contribution in [2.75, 3.05) is 20.1 Å². The predicted octanol–water partition coefficient (Wildman–Crippen LogP) is 2.28. The topological polar surface area (TPSA) is 70.7 Å². The molecule has 1 aromatic carbocycles. The Bertz CT molecular complexity index is 547. The Morgan fingerprint density at radius 1 is 1.43 bits per heavy atom. The van der Waals surface area contributed by atoms with Crippen LogP contribution in [0.15, 0.2) is 29.3 Å². The van der Waals surface area contributed by atoms with Crippen LogP contribution in [0.5, 0.6) is 0 Å². The van der Waals surface area contributed by atoms with Crippen molar-refractivity contribution in [3.05, 3.63) is 35.4 Å². The fraction of sp³-hybridized carbons (Fsp3) is 0.529. The Morgan fingerprint density at radius 3 is 2.83 bits per heavy atom. The number of carbonyl (C=O) groups excluding carboxylic acids is 1. The Labute approximate surface area is 155 Å². The van der Waals surface area contributed by atoms with Crippen molar-refractivity contribution in [3.8, 4) is 0 Å². The number of likely N-dealkylation sites (tertiary alicyclic amines) is 1. The van der Waals surface area contributed by atoms with Crippen LogP contribution in [0, 0.1) is 12.8 Å². The molecule has 6 heteroatoms. The van der Waals surface area contributed by atoms with Crippen LogP contribution >= 0.6 is 24.0 Å². The standard InChI is InChI=1S/C17H26N4O.HI/c1-13-6-3-4-8-15(13)11-20-17(19-2)21-9-5-7-14(12-21)10-16(18)22;/h3-4,6,8,14H,5,7,9-12H2,1-2H3,(H2,18,22)(H,19,20);1H. The van der Waals surface area contributed by atoms with Gasteiger partial charge in [0, 0.05) is 33.1 Å². The van der Waals surface area contributed by atoms with Gasteiger partial charge in [-0.3, -0.25) is 9.79 Å². The highest BCUT2D eigenvalue weighted by molar-refractivity contribution is 14.0. The summed E-state index contributed by atoms with van der Waals surface area (Å²) in [5.41, 5.74) is 7.87. The number of hydrogen-bond acceptors (Lipinski definition) is 2. The zero-order valence-corrected chi connectivity index (χ0v) is 16.2. The minimum atomic E-state index is -0.213. The van der Waals surface area contributed by atoms with Crippen LogP contribution < -0.4 is 11.1 Å².